The Morgan fingerprint density at radius 1 is 0.862 bits per heavy atom. The predicted octanol–water partition coefficient (Wildman–Crippen LogP) is 5.62. The fraction of sp³-hybridized carbons (Fsp3) is 0.417. The van der Waals surface area contributed by atoms with Gasteiger partial charge in [-0.15, -0.1) is 0 Å². The van der Waals surface area contributed by atoms with Crippen molar-refractivity contribution in [2.75, 3.05) is 23.7 Å². The average Bonchev–Trinajstić information content (AvgIpc) is 3.03. The van der Waals surface area contributed by atoms with Crippen molar-refractivity contribution in [1.82, 2.24) is 4.90 Å². The Morgan fingerprint density at radius 2 is 1.45 bits per heavy atom. The molecule has 0 bridgehead atoms. The maximum atomic E-state index is 12.8. The number of likely N-dealkylation sites (tertiary alicyclic amines) is 1. The van der Waals surface area contributed by atoms with Crippen molar-refractivity contribution >= 4 is 23.3 Å². The molecule has 5 nitrogen and oxygen atoms in total. The minimum absolute atomic E-state index is 0.000553. The summed E-state index contributed by atoms with van der Waals surface area (Å²) in [5.41, 5.74) is 2.51. The van der Waals surface area contributed by atoms with Gasteiger partial charge in [0.15, 0.2) is 0 Å². The molecule has 0 spiro atoms. The normalized spacial score (nSPS) is 15.3. The Bertz CT molecular complexity index is 782. The number of benzene rings is 2. The van der Waals surface area contributed by atoms with Crippen molar-refractivity contribution in [3.63, 3.8) is 0 Å². The minimum Gasteiger partial charge on any atom is -0.326 e. The number of carbonyl (C=O) groups excluding carboxylic acids is 2. The van der Waals surface area contributed by atoms with E-state index in [4.69, 9.17) is 0 Å². The van der Waals surface area contributed by atoms with Crippen LogP contribution in [0.15, 0.2) is 54.6 Å². The van der Waals surface area contributed by atoms with Gasteiger partial charge in [-0.05, 0) is 49.1 Å². The van der Waals surface area contributed by atoms with Crippen LogP contribution in [0, 0.1) is 0 Å². The Balaban J connectivity index is 1.59. The number of anilines is 2. The first-order valence-corrected chi connectivity index (χ1v) is 10.7. The van der Waals surface area contributed by atoms with Crippen molar-refractivity contribution in [3.8, 4) is 0 Å². The molecule has 1 unspecified atom stereocenters. The van der Waals surface area contributed by atoms with Gasteiger partial charge in [-0.1, -0.05) is 56.5 Å². The van der Waals surface area contributed by atoms with Gasteiger partial charge in [-0.3, -0.25) is 4.79 Å². The van der Waals surface area contributed by atoms with E-state index in [1.807, 2.05) is 59.5 Å². The third-order valence-corrected chi connectivity index (χ3v) is 5.39. The summed E-state index contributed by atoms with van der Waals surface area (Å²) < 4.78 is 0. The topological polar surface area (TPSA) is 61.4 Å². The van der Waals surface area contributed by atoms with E-state index in [-0.39, 0.29) is 17.9 Å². The fourth-order valence-corrected chi connectivity index (χ4v) is 3.77. The summed E-state index contributed by atoms with van der Waals surface area (Å²) >= 11 is 0. The number of amides is 3. The van der Waals surface area contributed by atoms with E-state index in [0.29, 0.717) is 0 Å². The van der Waals surface area contributed by atoms with Gasteiger partial charge < -0.3 is 15.5 Å². The minimum atomic E-state index is -0.163. The van der Waals surface area contributed by atoms with Crippen LogP contribution in [0.4, 0.5) is 16.2 Å². The summed E-state index contributed by atoms with van der Waals surface area (Å²) in [4.78, 5) is 27.2. The number of rotatable bonds is 6. The highest BCUT2D eigenvalue weighted by atomic mass is 16.2. The van der Waals surface area contributed by atoms with Crippen LogP contribution in [0.2, 0.25) is 0 Å². The molecule has 29 heavy (non-hydrogen) atoms. The fourth-order valence-electron chi connectivity index (χ4n) is 3.77. The lowest BCUT2D eigenvalue weighted by Gasteiger charge is -2.21. The second-order valence-corrected chi connectivity index (χ2v) is 7.65. The number of urea groups is 1. The first-order chi connectivity index (χ1) is 14.2. The van der Waals surface area contributed by atoms with Gasteiger partial charge in [-0.2, -0.15) is 0 Å². The van der Waals surface area contributed by atoms with Crippen LogP contribution in [0.1, 0.15) is 56.9 Å². The first kappa shape index (κ1) is 20.9. The second kappa shape index (κ2) is 10.6. The van der Waals surface area contributed by atoms with Gasteiger partial charge in [0.05, 0.1) is 5.92 Å². The van der Waals surface area contributed by atoms with Crippen LogP contribution in [0.3, 0.4) is 0 Å². The smallest absolute Gasteiger partial charge is 0.321 e. The summed E-state index contributed by atoms with van der Waals surface area (Å²) in [6.45, 7) is 3.72. The molecule has 1 aliphatic rings. The summed E-state index contributed by atoms with van der Waals surface area (Å²) in [6.07, 6.45) is 6.27. The lowest BCUT2D eigenvalue weighted by Crippen LogP contribution is -2.35. The third kappa shape index (κ3) is 6.08. The van der Waals surface area contributed by atoms with Crippen molar-refractivity contribution < 1.29 is 9.59 Å². The van der Waals surface area contributed by atoms with Gasteiger partial charge in [0.25, 0.3) is 0 Å². The number of nitrogens with one attached hydrogen (secondary N) is 2. The Labute approximate surface area is 173 Å². The molecule has 1 saturated heterocycles. The van der Waals surface area contributed by atoms with E-state index in [2.05, 4.69) is 17.6 Å². The molecular weight excluding hydrogens is 362 g/mol. The molecule has 5 heteroatoms. The van der Waals surface area contributed by atoms with E-state index in [1.165, 1.54) is 12.8 Å². The van der Waals surface area contributed by atoms with Gasteiger partial charge in [0.1, 0.15) is 0 Å². The van der Waals surface area contributed by atoms with Gasteiger partial charge in [0.2, 0.25) is 5.91 Å². The Morgan fingerprint density at radius 3 is 2.03 bits per heavy atom. The highest BCUT2D eigenvalue weighted by Crippen LogP contribution is 2.24. The molecule has 3 rings (SSSR count). The molecule has 1 aliphatic heterocycles. The number of nitrogens with zero attached hydrogens (tertiary/aromatic N) is 1. The number of hydrogen-bond acceptors (Lipinski definition) is 2. The standard InChI is InChI=1S/C24H31N3O2/c1-2-10-22(19-11-6-5-7-12-19)23(28)25-20-13-15-21(16-14-20)26-24(29)27-17-8-3-4-9-18-27/h5-7,11-16,22H,2-4,8-10,17-18H2,1H3,(H,25,28)(H,26,29). The van der Waals surface area contributed by atoms with Crippen LogP contribution in [-0.2, 0) is 4.79 Å². The highest BCUT2D eigenvalue weighted by Gasteiger charge is 2.20. The molecule has 3 amide bonds. The van der Waals surface area contributed by atoms with E-state index in [9.17, 15) is 9.59 Å². The molecule has 154 valence electrons. The molecule has 0 aromatic heterocycles. The van der Waals surface area contributed by atoms with Crippen LogP contribution in [0.25, 0.3) is 0 Å². The zero-order valence-corrected chi connectivity index (χ0v) is 17.2. The first-order valence-electron chi connectivity index (χ1n) is 10.7. The van der Waals surface area contributed by atoms with Crippen molar-refractivity contribution in [2.24, 2.45) is 0 Å². The molecule has 1 atom stereocenters. The number of carbonyl (C=O) groups is 2. The maximum absolute atomic E-state index is 12.8. The summed E-state index contributed by atoms with van der Waals surface area (Å²) in [5, 5.41) is 5.98. The quantitative estimate of drug-likeness (QED) is 0.669. The predicted molar refractivity (Wildman–Crippen MR) is 118 cm³/mol. The van der Waals surface area contributed by atoms with Gasteiger partial charge in [-0.25, -0.2) is 4.79 Å². The SMILES string of the molecule is CCCC(C(=O)Nc1ccc(NC(=O)N2CCCCCC2)cc1)c1ccccc1. The lowest BCUT2D eigenvalue weighted by molar-refractivity contribution is -0.117. The molecule has 2 aromatic rings. The van der Waals surface area contributed by atoms with Crippen LogP contribution >= 0.6 is 0 Å². The maximum Gasteiger partial charge on any atom is 0.321 e. The number of hydrogen-bond donors (Lipinski definition) is 2. The molecule has 2 N–H and O–H groups in total. The van der Waals surface area contributed by atoms with E-state index in [0.717, 1.165) is 55.7 Å². The summed E-state index contributed by atoms with van der Waals surface area (Å²) in [7, 11) is 0. The third-order valence-electron chi connectivity index (χ3n) is 5.39. The average molecular weight is 394 g/mol. The van der Waals surface area contributed by atoms with Crippen molar-refractivity contribution in [3.05, 3.63) is 60.2 Å². The van der Waals surface area contributed by atoms with Crippen LogP contribution < -0.4 is 10.6 Å². The molecule has 0 aliphatic carbocycles. The largest absolute Gasteiger partial charge is 0.326 e. The molecule has 2 aromatic carbocycles. The van der Waals surface area contributed by atoms with Crippen LogP contribution in [-0.4, -0.2) is 29.9 Å². The molecule has 1 fully saturated rings. The zero-order valence-electron chi connectivity index (χ0n) is 17.2. The molecular formula is C24H31N3O2. The molecule has 1 heterocycles. The van der Waals surface area contributed by atoms with E-state index >= 15 is 0 Å². The second-order valence-electron chi connectivity index (χ2n) is 7.65. The zero-order chi connectivity index (χ0) is 20.5. The summed E-state index contributed by atoms with van der Waals surface area (Å²) in [6, 6.07) is 17.2. The molecule has 0 radical (unpaired) electrons. The van der Waals surface area contributed by atoms with Crippen LogP contribution in [0.5, 0.6) is 0 Å². The van der Waals surface area contributed by atoms with Crippen molar-refractivity contribution in [2.45, 2.75) is 51.4 Å². The van der Waals surface area contributed by atoms with Gasteiger partial charge in [0, 0.05) is 24.5 Å². The Kier molecular flexibility index (Phi) is 7.68. The summed E-state index contributed by atoms with van der Waals surface area (Å²) in [5.74, 6) is -0.164. The highest BCUT2D eigenvalue weighted by molar-refractivity contribution is 5.96. The van der Waals surface area contributed by atoms with E-state index in [1.54, 1.807) is 0 Å². The Hall–Kier alpha value is -2.82. The molecule has 0 saturated carbocycles. The lowest BCUT2D eigenvalue weighted by atomic mass is 9.93. The van der Waals surface area contributed by atoms with E-state index < -0.39 is 0 Å². The van der Waals surface area contributed by atoms with Gasteiger partial charge >= 0.3 is 6.03 Å². The monoisotopic (exact) mass is 393 g/mol. The van der Waals surface area contributed by atoms with Crippen molar-refractivity contribution in [1.29, 1.82) is 0 Å².